The predicted octanol–water partition coefficient (Wildman–Crippen LogP) is 2.62. The number of amides is 2. The van der Waals surface area contributed by atoms with Gasteiger partial charge in [0.05, 0.1) is 11.6 Å². The molecule has 0 saturated carbocycles. The number of nitrogens with one attached hydrogen (secondary N) is 2. The van der Waals surface area contributed by atoms with Crippen LogP contribution < -0.4 is 10.8 Å². The molecular formula is C20H20N4O3. The summed E-state index contributed by atoms with van der Waals surface area (Å²) in [5.41, 5.74) is 4.99. The van der Waals surface area contributed by atoms with Crippen molar-refractivity contribution in [3.8, 4) is 0 Å². The first-order valence-electron chi connectivity index (χ1n) is 8.40. The van der Waals surface area contributed by atoms with E-state index >= 15 is 0 Å². The average Bonchev–Trinajstić information content (AvgIpc) is 3.02. The number of aromatic nitrogens is 2. The first-order chi connectivity index (χ1) is 13.0. The molecule has 3 aromatic rings. The number of carbonyl (C=O) groups is 2. The van der Waals surface area contributed by atoms with Gasteiger partial charge in [0.1, 0.15) is 5.69 Å². The summed E-state index contributed by atoms with van der Waals surface area (Å²) < 4.78 is 1.52. The molecule has 0 bridgehead atoms. The van der Waals surface area contributed by atoms with Crippen molar-refractivity contribution < 1.29 is 14.8 Å². The van der Waals surface area contributed by atoms with Crippen LogP contribution in [0.2, 0.25) is 0 Å². The van der Waals surface area contributed by atoms with Crippen LogP contribution in [0, 0.1) is 6.92 Å². The van der Waals surface area contributed by atoms with E-state index in [1.165, 1.54) is 4.68 Å². The highest BCUT2D eigenvalue weighted by molar-refractivity contribution is 6.03. The van der Waals surface area contributed by atoms with Gasteiger partial charge in [0.25, 0.3) is 11.8 Å². The molecule has 1 unspecified atom stereocenters. The summed E-state index contributed by atoms with van der Waals surface area (Å²) in [7, 11) is 1.71. The molecule has 3 N–H and O–H groups in total. The Labute approximate surface area is 156 Å². The normalized spacial score (nSPS) is 11.7. The topological polar surface area (TPSA) is 96.3 Å². The summed E-state index contributed by atoms with van der Waals surface area (Å²) in [5, 5.41) is 16.1. The number of aryl methyl sites for hydroxylation is 2. The molecule has 7 nitrogen and oxygen atoms in total. The second-order valence-corrected chi connectivity index (χ2v) is 6.19. The van der Waals surface area contributed by atoms with E-state index in [1.54, 1.807) is 42.9 Å². The molecule has 0 fully saturated rings. The first-order valence-corrected chi connectivity index (χ1v) is 8.40. The Morgan fingerprint density at radius 1 is 1.04 bits per heavy atom. The van der Waals surface area contributed by atoms with Gasteiger partial charge >= 0.3 is 0 Å². The fourth-order valence-electron chi connectivity index (χ4n) is 2.98. The summed E-state index contributed by atoms with van der Waals surface area (Å²) in [5.74, 6) is -1.44. The number of rotatable bonds is 5. The highest BCUT2D eigenvalue weighted by Crippen LogP contribution is 2.26. The number of benzene rings is 2. The van der Waals surface area contributed by atoms with E-state index in [0.717, 1.165) is 11.3 Å². The minimum Gasteiger partial charge on any atom is -0.321 e. The lowest BCUT2D eigenvalue weighted by Gasteiger charge is -2.16. The second kappa shape index (κ2) is 7.84. The molecule has 0 radical (unpaired) electrons. The summed E-state index contributed by atoms with van der Waals surface area (Å²) >= 11 is 0. The van der Waals surface area contributed by atoms with Gasteiger partial charge in [-0.2, -0.15) is 5.10 Å². The van der Waals surface area contributed by atoms with Crippen molar-refractivity contribution in [3.05, 3.63) is 83.2 Å². The van der Waals surface area contributed by atoms with Gasteiger partial charge in [0.15, 0.2) is 0 Å². The molecule has 2 amide bonds. The number of hydroxylamine groups is 1. The molecule has 7 heteroatoms. The third-order valence-corrected chi connectivity index (χ3v) is 4.24. The third kappa shape index (κ3) is 4.04. The van der Waals surface area contributed by atoms with Crippen molar-refractivity contribution in [2.24, 2.45) is 7.05 Å². The lowest BCUT2D eigenvalue weighted by molar-refractivity contribution is -0.129. The predicted molar refractivity (Wildman–Crippen MR) is 101 cm³/mol. The lowest BCUT2D eigenvalue weighted by Crippen LogP contribution is -2.27. The molecule has 138 valence electrons. The van der Waals surface area contributed by atoms with Gasteiger partial charge in [0, 0.05) is 12.7 Å². The van der Waals surface area contributed by atoms with E-state index in [-0.39, 0.29) is 5.91 Å². The molecule has 1 heterocycles. The molecule has 27 heavy (non-hydrogen) atoms. The van der Waals surface area contributed by atoms with Crippen LogP contribution in [0.4, 0.5) is 5.69 Å². The van der Waals surface area contributed by atoms with Gasteiger partial charge in [-0.1, -0.05) is 42.5 Å². The molecule has 2 aromatic carbocycles. The summed E-state index contributed by atoms with van der Waals surface area (Å²) in [4.78, 5) is 24.5. The molecule has 0 aliphatic carbocycles. The molecule has 1 atom stereocenters. The number of anilines is 1. The molecule has 0 saturated heterocycles. The van der Waals surface area contributed by atoms with Crippen LogP contribution in [0.1, 0.15) is 33.2 Å². The van der Waals surface area contributed by atoms with Gasteiger partial charge in [-0.05, 0) is 36.2 Å². The Balaban J connectivity index is 1.82. The Hall–Kier alpha value is -3.45. The van der Waals surface area contributed by atoms with Gasteiger partial charge in [-0.25, -0.2) is 5.48 Å². The molecule has 3 rings (SSSR count). The molecular weight excluding hydrogens is 344 g/mol. The van der Waals surface area contributed by atoms with Gasteiger partial charge in [0.2, 0.25) is 0 Å². The number of nitrogens with zero attached hydrogens (tertiary/aromatic N) is 2. The number of hydrogen-bond acceptors (Lipinski definition) is 4. The maximum absolute atomic E-state index is 12.4. The standard InChI is InChI=1S/C20H20N4O3/c1-13-12-17(24(2)22-13)19(25)21-16-10-8-15(9-11-16)18(20(26)23-27)14-6-4-3-5-7-14/h3-12,18,27H,1-2H3,(H,21,25)(H,23,26). The molecule has 0 aliphatic heterocycles. The minimum atomic E-state index is -0.652. The van der Waals surface area contributed by atoms with Crippen LogP contribution in [-0.4, -0.2) is 26.8 Å². The van der Waals surface area contributed by atoms with E-state index in [4.69, 9.17) is 5.21 Å². The van der Waals surface area contributed by atoms with Crippen LogP contribution in [0.3, 0.4) is 0 Å². The van der Waals surface area contributed by atoms with E-state index < -0.39 is 11.8 Å². The maximum Gasteiger partial charge on any atom is 0.273 e. The van der Waals surface area contributed by atoms with Crippen LogP contribution in [0.15, 0.2) is 60.7 Å². The van der Waals surface area contributed by atoms with Crippen molar-refractivity contribution in [1.82, 2.24) is 15.3 Å². The van der Waals surface area contributed by atoms with Crippen molar-refractivity contribution in [2.45, 2.75) is 12.8 Å². The second-order valence-electron chi connectivity index (χ2n) is 6.19. The van der Waals surface area contributed by atoms with Crippen molar-refractivity contribution in [3.63, 3.8) is 0 Å². The Bertz CT molecular complexity index is 949. The lowest BCUT2D eigenvalue weighted by atomic mass is 9.90. The largest absolute Gasteiger partial charge is 0.321 e. The average molecular weight is 364 g/mol. The minimum absolute atomic E-state index is 0.265. The smallest absolute Gasteiger partial charge is 0.273 e. The molecule has 0 aliphatic rings. The highest BCUT2D eigenvalue weighted by Gasteiger charge is 2.22. The van der Waals surface area contributed by atoms with Gasteiger partial charge in [-0.15, -0.1) is 0 Å². The Morgan fingerprint density at radius 3 is 2.22 bits per heavy atom. The maximum atomic E-state index is 12.4. The van der Waals surface area contributed by atoms with Crippen molar-refractivity contribution in [1.29, 1.82) is 0 Å². The Kier molecular flexibility index (Phi) is 5.33. The number of carbonyl (C=O) groups excluding carboxylic acids is 2. The fourth-order valence-corrected chi connectivity index (χ4v) is 2.98. The van der Waals surface area contributed by atoms with Crippen LogP contribution in [0.5, 0.6) is 0 Å². The third-order valence-electron chi connectivity index (χ3n) is 4.24. The summed E-state index contributed by atoms with van der Waals surface area (Å²) in [6, 6.07) is 17.8. The van der Waals surface area contributed by atoms with Gasteiger partial charge < -0.3 is 5.32 Å². The quantitative estimate of drug-likeness (QED) is 0.479. The van der Waals surface area contributed by atoms with Crippen LogP contribution in [0.25, 0.3) is 0 Å². The van der Waals surface area contributed by atoms with Crippen LogP contribution in [-0.2, 0) is 11.8 Å². The van der Waals surface area contributed by atoms with E-state index in [2.05, 4.69) is 10.4 Å². The zero-order chi connectivity index (χ0) is 19.4. The summed E-state index contributed by atoms with van der Waals surface area (Å²) in [6.45, 7) is 1.82. The zero-order valence-electron chi connectivity index (χ0n) is 15.0. The molecule has 0 spiro atoms. The Morgan fingerprint density at radius 2 is 1.67 bits per heavy atom. The number of hydrogen-bond donors (Lipinski definition) is 3. The highest BCUT2D eigenvalue weighted by atomic mass is 16.5. The zero-order valence-corrected chi connectivity index (χ0v) is 15.0. The fraction of sp³-hybridized carbons (Fsp3) is 0.150. The van der Waals surface area contributed by atoms with Crippen molar-refractivity contribution in [2.75, 3.05) is 5.32 Å². The van der Waals surface area contributed by atoms with E-state index in [1.807, 2.05) is 37.3 Å². The monoisotopic (exact) mass is 364 g/mol. The molecule has 1 aromatic heterocycles. The first kappa shape index (κ1) is 18.3. The van der Waals surface area contributed by atoms with Crippen molar-refractivity contribution >= 4 is 17.5 Å². The summed E-state index contributed by atoms with van der Waals surface area (Å²) in [6.07, 6.45) is 0. The van der Waals surface area contributed by atoms with Gasteiger partial charge in [-0.3, -0.25) is 19.5 Å². The van der Waals surface area contributed by atoms with Crippen LogP contribution >= 0.6 is 0 Å². The van der Waals surface area contributed by atoms with E-state index in [9.17, 15) is 9.59 Å². The SMILES string of the molecule is Cc1cc(C(=O)Nc2ccc(C(C(=O)NO)c3ccccc3)cc2)n(C)n1. The van der Waals surface area contributed by atoms with E-state index in [0.29, 0.717) is 16.9 Å².